The van der Waals surface area contributed by atoms with Crippen molar-refractivity contribution in [2.75, 3.05) is 18.1 Å². The number of nitrogens with zero attached hydrogens (tertiary/aromatic N) is 1. The van der Waals surface area contributed by atoms with E-state index >= 15 is 0 Å². The Hall–Kier alpha value is -2.18. The number of benzene rings is 2. The number of hydrogen-bond acceptors (Lipinski definition) is 3. The molecule has 2 aromatic carbocycles. The van der Waals surface area contributed by atoms with Crippen LogP contribution in [0.2, 0.25) is 0 Å². The topological polar surface area (TPSA) is 66.5 Å². The fourth-order valence-electron chi connectivity index (χ4n) is 2.90. The van der Waals surface area contributed by atoms with Gasteiger partial charge in [0, 0.05) is 12.2 Å². The lowest BCUT2D eigenvalue weighted by Crippen LogP contribution is -2.37. The molecule has 0 saturated heterocycles. The first-order chi connectivity index (χ1) is 12.5. The van der Waals surface area contributed by atoms with E-state index in [2.05, 4.69) is 26.1 Å². The second kappa shape index (κ2) is 8.23. The second-order valence-corrected chi connectivity index (χ2v) is 9.85. The molecule has 27 heavy (non-hydrogen) atoms. The number of carbonyl (C=O) groups excluding carboxylic acids is 1. The van der Waals surface area contributed by atoms with E-state index in [0.29, 0.717) is 5.69 Å². The maximum absolute atomic E-state index is 12.6. The molecule has 0 unspecified atom stereocenters. The third kappa shape index (κ3) is 6.19. The van der Waals surface area contributed by atoms with Crippen molar-refractivity contribution >= 4 is 21.6 Å². The summed E-state index contributed by atoms with van der Waals surface area (Å²) in [5.74, 6) is -0.357. The maximum atomic E-state index is 12.6. The van der Waals surface area contributed by atoms with Gasteiger partial charge in [-0.25, -0.2) is 8.42 Å². The number of rotatable bonds is 6. The van der Waals surface area contributed by atoms with Crippen molar-refractivity contribution in [3.63, 3.8) is 0 Å². The number of nitrogens with one attached hydrogen (secondary N) is 1. The zero-order valence-corrected chi connectivity index (χ0v) is 17.4. The molecule has 0 fully saturated rings. The average molecular weight is 389 g/mol. The minimum atomic E-state index is -3.53. The number of para-hydroxylation sites is 1. The number of anilines is 1. The van der Waals surface area contributed by atoms with Gasteiger partial charge in [-0.1, -0.05) is 68.8 Å². The van der Waals surface area contributed by atoms with E-state index in [4.69, 9.17) is 0 Å². The molecule has 1 N–H and O–H groups in total. The van der Waals surface area contributed by atoms with Crippen molar-refractivity contribution in [3.8, 4) is 0 Å². The molecule has 0 radical (unpaired) electrons. The molecule has 0 atom stereocenters. The average Bonchev–Trinajstić information content (AvgIpc) is 2.53. The van der Waals surface area contributed by atoms with Crippen molar-refractivity contribution in [2.45, 2.75) is 39.7 Å². The van der Waals surface area contributed by atoms with Crippen LogP contribution in [0.1, 0.15) is 37.5 Å². The molecule has 6 heteroatoms. The predicted octanol–water partition coefficient (Wildman–Crippen LogP) is 3.69. The number of aryl methyl sites for hydroxylation is 1. The van der Waals surface area contributed by atoms with Crippen molar-refractivity contribution < 1.29 is 13.2 Å². The quantitative estimate of drug-likeness (QED) is 0.821. The van der Waals surface area contributed by atoms with Crippen LogP contribution in [-0.4, -0.2) is 31.4 Å². The van der Waals surface area contributed by atoms with Gasteiger partial charge in [0.15, 0.2) is 0 Å². The Morgan fingerprint density at radius 1 is 1.07 bits per heavy atom. The summed E-state index contributed by atoms with van der Waals surface area (Å²) >= 11 is 0. The van der Waals surface area contributed by atoms with E-state index in [1.807, 2.05) is 55.5 Å². The summed E-state index contributed by atoms with van der Waals surface area (Å²) in [6.07, 6.45) is 1.12. The normalized spacial score (nSPS) is 12.2. The molecule has 0 aliphatic rings. The van der Waals surface area contributed by atoms with Crippen LogP contribution in [0.4, 0.5) is 5.69 Å². The number of carbonyl (C=O) groups is 1. The Bertz CT molecular complexity index is 915. The third-order valence-corrected chi connectivity index (χ3v) is 5.44. The van der Waals surface area contributed by atoms with Gasteiger partial charge in [0.1, 0.15) is 0 Å². The summed E-state index contributed by atoms with van der Waals surface area (Å²) in [5, 5.41) is 2.87. The molecule has 2 rings (SSSR count). The monoisotopic (exact) mass is 388 g/mol. The lowest BCUT2D eigenvalue weighted by atomic mass is 9.86. The minimum absolute atomic E-state index is 0.137. The lowest BCUT2D eigenvalue weighted by Gasteiger charge is -2.24. The van der Waals surface area contributed by atoms with E-state index < -0.39 is 10.0 Å². The Morgan fingerprint density at radius 2 is 1.74 bits per heavy atom. The summed E-state index contributed by atoms with van der Waals surface area (Å²) in [6.45, 7) is 8.08. The fourth-order valence-corrected chi connectivity index (χ4v) is 3.64. The molecule has 0 aromatic heterocycles. The highest BCUT2D eigenvalue weighted by Crippen LogP contribution is 2.29. The van der Waals surface area contributed by atoms with E-state index in [-0.39, 0.29) is 24.4 Å². The fraction of sp³-hybridized carbons (Fsp3) is 0.381. The van der Waals surface area contributed by atoms with Crippen LogP contribution in [0.5, 0.6) is 0 Å². The highest BCUT2D eigenvalue weighted by Gasteiger charge is 2.23. The van der Waals surface area contributed by atoms with Gasteiger partial charge in [-0.3, -0.25) is 4.79 Å². The van der Waals surface area contributed by atoms with Crippen LogP contribution >= 0.6 is 0 Å². The molecule has 1 amide bonds. The van der Waals surface area contributed by atoms with E-state index in [9.17, 15) is 13.2 Å². The molecule has 0 spiro atoms. The summed E-state index contributed by atoms with van der Waals surface area (Å²) in [6, 6.07) is 15.2. The lowest BCUT2D eigenvalue weighted by molar-refractivity contribution is -0.116. The molecule has 0 aliphatic heterocycles. The molecule has 0 aliphatic carbocycles. The first-order valence-electron chi connectivity index (χ1n) is 8.87. The summed E-state index contributed by atoms with van der Waals surface area (Å²) < 4.78 is 25.6. The maximum Gasteiger partial charge on any atom is 0.239 e. The van der Waals surface area contributed by atoms with Gasteiger partial charge < -0.3 is 5.32 Å². The highest BCUT2D eigenvalue weighted by molar-refractivity contribution is 7.88. The van der Waals surface area contributed by atoms with E-state index in [0.717, 1.165) is 22.9 Å². The minimum Gasteiger partial charge on any atom is -0.325 e. The van der Waals surface area contributed by atoms with Gasteiger partial charge in [0.05, 0.1) is 12.8 Å². The Kier molecular flexibility index (Phi) is 6.44. The van der Waals surface area contributed by atoms with Gasteiger partial charge in [-0.05, 0) is 29.5 Å². The van der Waals surface area contributed by atoms with E-state index in [1.54, 1.807) is 0 Å². The van der Waals surface area contributed by atoms with Crippen LogP contribution in [0.25, 0.3) is 0 Å². The molecule has 2 aromatic rings. The second-order valence-electron chi connectivity index (χ2n) is 7.86. The van der Waals surface area contributed by atoms with Crippen molar-refractivity contribution in [1.29, 1.82) is 0 Å². The van der Waals surface area contributed by atoms with Crippen LogP contribution in [0.3, 0.4) is 0 Å². The smallest absolute Gasteiger partial charge is 0.239 e. The van der Waals surface area contributed by atoms with Crippen LogP contribution in [-0.2, 0) is 26.8 Å². The van der Waals surface area contributed by atoms with Crippen LogP contribution in [0.15, 0.2) is 48.5 Å². The molecular weight excluding hydrogens is 360 g/mol. The largest absolute Gasteiger partial charge is 0.325 e. The summed E-state index contributed by atoms with van der Waals surface area (Å²) in [4.78, 5) is 12.6. The van der Waals surface area contributed by atoms with Gasteiger partial charge in [-0.15, -0.1) is 0 Å². The Morgan fingerprint density at radius 3 is 2.33 bits per heavy atom. The first-order valence-corrected chi connectivity index (χ1v) is 10.7. The van der Waals surface area contributed by atoms with Crippen molar-refractivity contribution in [1.82, 2.24) is 4.31 Å². The molecule has 146 valence electrons. The van der Waals surface area contributed by atoms with Gasteiger partial charge in [0.25, 0.3) is 0 Å². The number of hydrogen-bond donors (Lipinski definition) is 1. The number of sulfonamides is 1. The molecule has 0 saturated carbocycles. The zero-order valence-electron chi connectivity index (χ0n) is 16.6. The molecule has 5 nitrogen and oxygen atoms in total. The van der Waals surface area contributed by atoms with Crippen molar-refractivity contribution in [2.24, 2.45) is 0 Å². The predicted molar refractivity (Wildman–Crippen MR) is 110 cm³/mol. The first kappa shape index (κ1) is 21.1. The molecule has 0 bridgehead atoms. The highest BCUT2D eigenvalue weighted by atomic mass is 32.2. The summed E-state index contributed by atoms with van der Waals surface area (Å²) in [7, 11) is -3.53. The third-order valence-electron chi connectivity index (χ3n) is 4.24. The summed E-state index contributed by atoms with van der Waals surface area (Å²) in [5.41, 5.74) is 3.47. The van der Waals surface area contributed by atoms with Gasteiger partial charge >= 0.3 is 0 Å². The zero-order chi connectivity index (χ0) is 20.2. The van der Waals surface area contributed by atoms with Crippen LogP contribution < -0.4 is 5.32 Å². The Labute approximate surface area is 162 Å². The van der Waals surface area contributed by atoms with E-state index in [1.165, 1.54) is 4.31 Å². The Balaban J connectivity index is 2.18. The standard InChI is InChI=1S/C21H28N2O3S/c1-16-9-8-10-17(13-16)14-23(27(5,25)26)15-20(24)22-19-12-7-6-11-18(19)21(2,3)4/h6-13H,14-15H2,1-5H3,(H,22,24). The van der Waals surface area contributed by atoms with Gasteiger partial charge in [-0.2, -0.15) is 4.31 Å². The van der Waals surface area contributed by atoms with Crippen LogP contribution in [0, 0.1) is 6.92 Å². The SMILES string of the molecule is Cc1cccc(CN(CC(=O)Nc2ccccc2C(C)(C)C)S(C)(=O)=O)c1. The van der Waals surface area contributed by atoms with Gasteiger partial charge in [0.2, 0.25) is 15.9 Å². The molecule has 0 heterocycles. The molecular formula is C21H28N2O3S. The number of amides is 1. The van der Waals surface area contributed by atoms with Crippen molar-refractivity contribution in [3.05, 3.63) is 65.2 Å².